The molecular formula is C15H9N3O5S2. The lowest BCUT2D eigenvalue weighted by Gasteiger charge is -2.06. The molecule has 1 fully saturated rings. The molecular weight excluding hydrogens is 366 g/mol. The summed E-state index contributed by atoms with van der Waals surface area (Å²) in [5, 5.41) is 25.3. The Morgan fingerprint density at radius 2 is 2.08 bits per heavy atom. The monoisotopic (exact) mass is 375 g/mol. The van der Waals surface area contributed by atoms with Gasteiger partial charge in [-0.3, -0.25) is 14.9 Å². The van der Waals surface area contributed by atoms with Gasteiger partial charge in [-0.15, -0.1) is 0 Å². The smallest absolute Gasteiger partial charge is 0.433 e. The average Bonchev–Trinajstić information content (AvgIpc) is 3.14. The minimum absolute atomic E-state index is 0.0233. The van der Waals surface area contributed by atoms with E-state index in [0.717, 1.165) is 16.8 Å². The van der Waals surface area contributed by atoms with Crippen molar-refractivity contribution >= 4 is 52.4 Å². The topological polar surface area (TPSA) is 109 Å². The van der Waals surface area contributed by atoms with E-state index in [-0.39, 0.29) is 20.7 Å². The molecule has 3 rings (SSSR count). The SMILES string of the molecule is O=C1/C(=C\c2ccc([N+](=O)[O-])o2)SC(=S)N1/N=C/c1ccccc1O. The van der Waals surface area contributed by atoms with Gasteiger partial charge in [-0.1, -0.05) is 23.9 Å². The van der Waals surface area contributed by atoms with Gasteiger partial charge in [-0.25, -0.2) is 0 Å². The van der Waals surface area contributed by atoms with Crippen molar-refractivity contribution in [3.63, 3.8) is 0 Å². The highest BCUT2D eigenvalue weighted by molar-refractivity contribution is 8.26. The van der Waals surface area contributed by atoms with Crippen molar-refractivity contribution in [1.82, 2.24) is 5.01 Å². The first kappa shape index (κ1) is 16.9. The van der Waals surface area contributed by atoms with Gasteiger partial charge in [-0.2, -0.15) is 10.1 Å². The summed E-state index contributed by atoms with van der Waals surface area (Å²) in [4.78, 5) is 22.5. The van der Waals surface area contributed by atoms with Crippen LogP contribution in [-0.2, 0) is 4.79 Å². The zero-order chi connectivity index (χ0) is 18.0. The fourth-order valence-corrected chi connectivity index (χ4v) is 3.08. The molecule has 25 heavy (non-hydrogen) atoms. The maximum absolute atomic E-state index is 12.4. The first-order chi connectivity index (χ1) is 12.0. The zero-order valence-corrected chi connectivity index (χ0v) is 14.0. The molecule has 0 spiro atoms. The number of hydrazone groups is 1. The van der Waals surface area contributed by atoms with Crippen LogP contribution >= 0.6 is 24.0 Å². The highest BCUT2D eigenvalue weighted by Gasteiger charge is 2.32. The fourth-order valence-electron chi connectivity index (χ4n) is 1.92. The van der Waals surface area contributed by atoms with E-state index in [1.807, 2.05) is 0 Å². The predicted molar refractivity (Wildman–Crippen MR) is 96.1 cm³/mol. The molecule has 8 nitrogen and oxygen atoms in total. The summed E-state index contributed by atoms with van der Waals surface area (Å²) < 4.78 is 5.19. The summed E-state index contributed by atoms with van der Waals surface area (Å²) in [6.07, 6.45) is 2.68. The van der Waals surface area contributed by atoms with Crippen LogP contribution in [0, 0.1) is 10.1 Å². The standard InChI is InChI=1S/C15H9N3O5S2/c19-11-4-2-1-3-9(11)8-16-17-14(20)12(25-15(17)24)7-10-5-6-13(23-10)18(21)22/h1-8,19H/b12-7+,16-8+. The van der Waals surface area contributed by atoms with Crippen molar-refractivity contribution in [3.8, 4) is 5.75 Å². The number of aromatic hydroxyl groups is 1. The van der Waals surface area contributed by atoms with Crippen LogP contribution in [0.4, 0.5) is 5.88 Å². The molecule has 2 aromatic rings. The lowest BCUT2D eigenvalue weighted by Crippen LogP contribution is -2.22. The molecule has 0 bridgehead atoms. The number of carbonyl (C=O) groups is 1. The number of nitrogens with zero attached hydrogens (tertiary/aromatic N) is 3. The van der Waals surface area contributed by atoms with Crippen LogP contribution in [0.3, 0.4) is 0 Å². The molecule has 0 saturated carbocycles. The van der Waals surface area contributed by atoms with Crippen molar-refractivity contribution in [2.75, 3.05) is 0 Å². The van der Waals surface area contributed by atoms with E-state index in [4.69, 9.17) is 16.6 Å². The van der Waals surface area contributed by atoms with Crippen LogP contribution in [0.2, 0.25) is 0 Å². The van der Waals surface area contributed by atoms with E-state index in [9.17, 15) is 20.0 Å². The molecule has 1 aromatic carbocycles. The lowest BCUT2D eigenvalue weighted by atomic mass is 10.2. The molecule has 2 heterocycles. The van der Waals surface area contributed by atoms with E-state index in [1.165, 1.54) is 30.5 Å². The van der Waals surface area contributed by atoms with Gasteiger partial charge in [0.1, 0.15) is 16.4 Å². The van der Waals surface area contributed by atoms with Gasteiger partial charge in [0, 0.05) is 11.6 Å². The van der Waals surface area contributed by atoms with E-state index in [0.29, 0.717) is 5.56 Å². The Morgan fingerprint density at radius 3 is 2.76 bits per heavy atom. The van der Waals surface area contributed by atoms with Crippen molar-refractivity contribution in [2.45, 2.75) is 0 Å². The van der Waals surface area contributed by atoms with Crippen LogP contribution in [0.15, 0.2) is 50.8 Å². The molecule has 0 atom stereocenters. The second kappa shape index (κ2) is 6.87. The number of rotatable bonds is 4. The first-order valence-corrected chi connectivity index (χ1v) is 8.02. The number of thioether (sulfide) groups is 1. The van der Waals surface area contributed by atoms with E-state index in [1.54, 1.807) is 18.2 Å². The van der Waals surface area contributed by atoms with Crippen LogP contribution in [0.25, 0.3) is 6.08 Å². The van der Waals surface area contributed by atoms with Crippen molar-refractivity contribution in [3.05, 3.63) is 62.7 Å². The molecule has 1 aromatic heterocycles. The van der Waals surface area contributed by atoms with Gasteiger partial charge >= 0.3 is 5.88 Å². The van der Waals surface area contributed by atoms with Gasteiger partial charge in [-0.05, 0) is 30.4 Å². The fraction of sp³-hybridized carbons (Fsp3) is 0. The number of para-hydroxylation sites is 1. The molecule has 10 heteroatoms. The molecule has 0 radical (unpaired) electrons. The van der Waals surface area contributed by atoms with Crippen LogP contribution < -0.4 is 0 Å². The maximum atomic E-state index is 12.4. The van der Waals surface area contributed by atoms with Crippen LogP contribution in [0.1, 0.15) is 11.3 Å². The van der Waals surface area contributed by atoms with Crippen LogP contribution in [-0.4, -0.2) is 31.5 Å². The number of amides is 1. The maximum Gasteiger partial charge on any atom is 0.433 e. The second-order valence-corrected chi connectivity index (χ2v) is 6.41. The summed E-state index contributed by atoms with van der Waals surface area (Å²) in [5.74, 6) is -0.716. The van der Waals surface area contributed by atoms with Gasteiger partial charge in [0.05, 0.1) is 17.2 Å². The Balaban J connectivity index is 1.81. The normalized spacial score (nSPS) is 16.3. The zero-order valence-electron chi connectivity index (χ0n) is 12.4. The highest BCUT2D eigenvalue weighted by Crippen LogP contribution is 2.33. The van der Waals surface area contributed by atoms with Gasteiger partial charge in [0.2, 0.25) is 0 Å². The Labute approximate surface area is 150 Å². The number of phenols is 1. The molecule has 1 N–H and O–H groups in total. The summed E-state index contributed by atoms with van der Waals surface area (Å²) in [6.45, 7) is 0. The van der Waals surface area contributed by atoms with Gasteiger partial charge in [0.15, 0.2) is 4.32 Å². The largest absolute Gasteiger partial charge is 0.507 e. The molecule has 1 amide bonds. The quantitative estimate of drug-likeness (QED) is 0.287. The Hall–Kier alpha value is -2.98. The number of hydrogen-bond donors (Lipinski definition) is 1. The summed E-state index contributed by atoms with van der Waals surface area (Å²) in [7, 11) is 0. The van der Waals surface area contributed by atoms with Crippen molar-refractivity contribution in [1.29, 1.82) is 0 Å². The minimum atomic E-state index is -0.667. The third-order valence-electron chi connectivity index (χ3n) is 3.09. The molecule has 1 aliphatic rings. The molecule has 1 saturated heterocycles. The average molecular weight is 375 g/mol. The third-order valence-corrected chi connectivity index (χ3v) is 4.37. The van der Waals surface area contributed by atoms with Gasteiger partial charge in [0.25, 0.3) is 5.91 Å². The van der Waals surface area contributed by atoms with Crippen molar-refractivity contribution < 1.29 is 19.2 Å². The van der Waals surface area contributed by atoms with Crippen LogP contribution in [0.5, 0.6) is 5.75 Å². The Kier molecular flexibility index (Phi) is 4.63. The predicted octanol–water partition coefficient (Wildman–Crippen LogP) is 3.13. The van der Waals surface area contributed by atoms with Gasteiger partial charge < -0.3 is 9.52 Å². The molecule has 126 valence electrons. The number of nitro groups is 1. The molecule has 0 aliphatic carbocycles. The Morgan fingerprint density at radius 1 is 1.32 bits per heavy atom. The number of furan rings is 1. The number of thiocarbonyl (C=S) groups is 1. The van der Waals surface area contributed by atoms with E-state index < -0.39 is 16.7 Å². The number of hydrogen-bond acceptors (Lipinski definition) is 8. The summed E-state index contributed by atoms with van der Waals surface area (Å²) in [6, 6.07) is 9.09. The van der Waals surface area contributed by atoms with E-state index >= 15 is 0 Å². The lowest BCUT2D eigenvalue weighted by molar-refractivity contribution is -0.402. The number of benzene rings is 1. The first-order valence-electron chi connectivity index (χ1n) is 6.80. The summed E-state index contributed by atoms with van der Waals surface area (Å²) in [5.41, 5.74) is 0.433. The van der Waals surface area contributed by atoms with E-state index in [2.05, 4.69) is 5.10 Å². The summed E-state index contributed by atoms with van der Waals surface area (Å²) >= 11 is 6.11. The molecule has 0 unspecified atom stereocenters. The third kappa shape index (κ3) is 3.59. The highest BCUT2D eigenvalue weighted by atomic mass is 32.2. The molecule has 1 aliphatic heterocycles. The minimum Gasteiger partial charge on any atom is -0.507 e. The Bertz CT molecular complexity index is 935. The van der Waals surface area contributed by atoms with Crippen molar-refractivity contribution in [2.24, 2.45) is 5.10 Å². The second-order valence-electron chi connectivity index (χ2n) is 4.73. The number of carbonyl (C=O) groups excluding carboxylic acids is 1. The number of phenolic OH excluding ortho intramolecular Hbond substituents is 1.